The van der Waals surface area contributed by atoms with E-state index < -0.39 is 0 Å². The molecule has 2 N–H and O–H groups in total. The Hall–Kier alpha value is -0.120. The fourth-order valence-corrected chi connectivity index (χ4v) is 3.59. The van der Waals surface area contributed by atoms with Crippen molar-refractivity contribution in [3.8, 4) is 0 Å². The molecule has 0 spiro atoms. The van der Waals surface area contributed by atoms with Crippen LogP contribution < -0.4 is 5.73 Å². The van der Waals surface area contributed by atoms with E-state index in [2.05, 4.69) is 30.9 Å². The van der Waals surface area contributed by atoms with Crippen LogP contribution in [0.25, 0.3) is 0 Å². The molecule has 1 aliphatic heterocycles. The molecule has 0 radical (unpaired) electrons. The second-order valence-electron chi connectivity index (χ2n) is 6.12. The molecule has 0 bridgehead atoms. The quantitative estimate of drug-likeness (QED) is 0.775. The summed E-state index contributed by atoms with van der Waals surface area (Å²) in [5.74, 6) is 0.859. The highest BCUT2D eigenvalue weighted by molar-refractivity contribution is 5.05. The summed E-state index contributed by atoms with van der Waals surface area (Å²) >= 11 is 0. The van der Waals surface area contributed by atoms with E-state index in [4.69, 9.17) is 5.73 Å². The van der Waals surface area contributed by atoms with Crippen molar-refractivity contribution in [3.05, 3.63) is 0 Å². The van der Waals surface area contributed by atoms with Crippen LogP contribution in [0.1, 0.15) is 25.7 Å². The number of nitrogens with two attached hydrogens (primary N) is 1. The van der Waals surface area contributed by atoms with Crippen LogP contribution >= 0.6 is 0 Å². The lowest BCUT2D eigenvalue weighted by Crippen LogP contribution is -2.49. The highest BCUT2D eigenvalue weighted by Gasteiger charge is 2.51. The molecule has 1 atom stereocenters. The van der Waals surface area contributed by atoms with E-state index in [9.17, 15) is 0 Å². The molecule has 1 heterocycles. The van der Waals surface area contributed by atoms with Crippen molar-refractivity contribution >= 4 is 0 Å². The predicted molar refractivity (Wildman–Crippen MR) is 68.4 cm³/mol. The van der Waals surface area contributed by atoms with Gasteiger partial charge in [0, 0.05) is 6.04 Å². The zero-order chi connectivity index (χ0) is 11.8. The van der Waals surface area contributed by atoms with Crippen LogP contribution in [0.3, 0.4) is 0 Å². The number of hydrogen-bond acceptors (Lipinski definition) is 3. The van der Waals surface area contributed by atoms with Crippen molar-refractivity contribution in [1.82, 2.24) is 9.80 Å². The first-order valence-corrected chi connectivity index (χ1v) is 6.64. The monoisotopic (exact) mass is 225 g/mol. The molecule has 2 aliphatic rings. The minimum atomic E-state index is 0.462. The molecule has 94 valence electrons. The average Bonchev–Trinajstić information content (AvgIpc) is 3.02. The van der Waals surface area contributed by atoms with Gasteiger partial charge in [0.05, 0.1) is 0 Å². The van der Waals surface area contributed by atoms with E-state index in [1.165, 1.54) is 38.8 Å². The number of rotatable bonds is 4. The molecule has 3 heteroatoms. The lowest BCUT2D eigenvalue weighted by atomic mass is 9.79. The molecule has 1 saturated carbocycles. The van der Waals surface area contributed by atoms with Gasteiger partial charge in [-0.3, -0.25) is 0 Å². The molecule has 1 saturated heterocycles. The molecular weight excluding hydrogens is 198 g/mol. The van der Waals surface area contributed by atoms with Crippen LogP contribution in [-0.2, 0) is 0 Å². The Kier molecular flexibility index (Phi) is 3.57. The van der Waals surface area contributed by atoms with Gasteiger partial charge in [-0.15, -0.1) is 0 Å². The van der Waals surface area contributed by atoms with Gasteiger partial charge >= 0.3 is 0 Å². The summed E-state index contributed by atoms with van der Waals surface area (Å²) in [6.45, 7) is 3.40. The van der Waals surface area contributed by atoms with Crippen LogP contribution in [0.15, 0.2) is 0 Å². The second kappa shape index (κ2) is 4.63. The second-order valence-corrected chi connectivity index (χ2v) is 6.12. The Morgan fingerprint density at radius 2 is 1.88 bits per heavy atom. The predicted octanol–water partition coefficient (Wildman–Crippen LogP) is 0.997. The number of nitrogens with zero attached hydrogens (tertiary/aromatic N) is 2. The third-order valence-electron chi connectivity index (χ3n) is 4.69. The third kappa shape index (κ3) is 2.27. The standard InChI is InChI=1S/C13H27N3/c1-15(2)12(13(10-14)6-7-13)11-4-8-16(3)9-5-11/h11-12H,4-10,14H2,1-3H3. The molecule has 3 nitrogen and oxygen atoms in total. The number of piperidine rings is 1. The van der Waals surface area contributed by atoms with Gasteiger partial charge in [0.2, 0.25) is 0 Å². The van der Waals surface area contributed by atoms with E-state index >= 15 is 0 Å². The van der Waals surface area contributed by atoms with E-state index in [-0.39, 0.29) is 0 Å². The Labute approximate surface area is 100.0 Å². The minimum absolute atomic E-state index is 0.462. The van der Waals surface area contributed by atoms with Gasteiger partial charge in [-0.2, -0.15) is 0 Å². The summed E-state index contributed by atoms with van der Waals surface area (Å²) in [4.78, 5) is 4.89. The van der Waals surface area contributed by atoms with Gasteiger partial charge in [0.1, 0.15) is 0 Å². The van der Waals surface area contributed by atoms with Crippen LogP contribution in [-0.4, -0.2) is 56.6 Å². The highest BCUT2D eigenvalue weighted by atomic mass is 15.1. The summed E-state index contributed by atoms with van der Waals surface area (Å²) in [7, 11) is 6.70. The number of hydrogen-bond donors (Lipinski definition) is 1. The van der Waals surface area contributed by atoms with Gasteiger partial charge in [-0.1, -0.05) is 0 Å². The SMILES string of the molecule is CN1CCC(C(N(C)C)C2(CN)CC2)CC1. The fraction of sp³-hybridized carbons (Fsp3) is 1.00. The molecule has 1 unspecified atom stereocenters. The Bertz CT molecular complexity index is 227. The van der Waals surface area contributed by atoms with Crippen LogP contribution in [0.5, 0.6) is 0 Å². The Morgan fingerprint density at radius 1 is 1.31 bits per heavy atom. The maximum absolute atomic E-state index is 6.00. The number of likely N-dealkylation sites (tertiary alicyclic amines) is 1. The molecule has 0 aromatic rings. The van der Waals surface area contributed by atoms with Crippen LogP contribution in [0.2, 0.25) is 0 Å². The largest absolute Gasteiger partial charge is 0.330 e. The van der Waals surface area contributed by atoms with Crippen LogP contribution in [0, 0.1) is 11.3 Å². The summed E-state index contributed by atoms with van der Waals surface area (Å²) < 4.78 is 0. The summed E-state index contributed by atoms with van der Waals surface area (Å²) in [5.41, 5.74) is 6.47. The molecule has 1 aliphatic carbocycles. The third-order valence-corrected chi connectivity index (χ3v) is 4.69. The molecular formula is C13H27N3. The summed E-state index contributed by atoms with van der Waals surface area (Å²) in [5, 5.41) is 0. The lowest BCUT2D eigenvalue weighted by molar-refractivity contribution is 0.0816. The zero-order valence-corrected chi connectivity index (χ0v) is 11.1. The van der Waals surface area contributed by atoms with Crippen LogP contribution in [0.4, 0.5) is 0 Å². The van der Waals surface area contributed by atoms with Crippen molar-refractivity contribution in [2.45, 2.75) is 31.7 Å². The van der Waals surface area contributed by atoms with Gasteiger partial charge in [-0.25, -0.2) is 0 Å². The highest BCUT2D eigenvalue weighted by Crippen LogP contribution is 2.52. The minimum Gasteiger partial charge on any atom is -0.330 e. The first-order chi connectivity index (χ1) is 7.59. The van der Waals surface area contributed by atoms with Gasteiger partial charge in [-0.05, 0) is 77.8 Å². The normalized spacial score (nSPS) is 28.3. The van der Waals surface area contributed by atoms with Gasteiger partial charge in [0.25, 0.3) is 0 Å². The first kappa shape index (κ1) is 12.3. The van der Waals surface area contributed by atoms with Crippen molar-refractivity contribution < 1.29 is 0 Å². The Morgan fingerprint density at radius 3 is 2.25 bits per heavy atom. The molecule has 0 aromatic carbocycles. The molecule has 16 heavy (non-hydrogen) atoms. The Balaban J connectivity index is 2.03. The van der Waals surface area contributed by atoms with Crippen molar-refractivity contribution in [3.63, 3.8) is 0 Å². The van der Waals surface area contributed by atoms with Crippen molar-refractivity contribution in [2.24, 2.45) is 17.1 Å². The van der Waals surface area contributed by atoms with E-state index in [1.807, 2.05) is 0 Å². The van der Waals surface area contributed by atoms with E-state index in [0.29, 0.717) is 11.5 Å². The molecule has 2 fully saturated rings. The van der Waals surface area contributed by atoms with Crippen molar-refractivity contribution in [2.75, 3.05) is 40.8 Å². The lowest BCUT2D eigenvalue weighted by Gasteiger charge is -2.42. The molecule has 0 aromatic heterocycles. The molecule has 2 rings (SSSR count). The van der Waals surface area contributed by atoms with Gasteiger partial charge in [0.15, 0.2) is 0 Å². The first-order valence-electron chi connectivity index (χ1n) is 6.64. The average molecular weight is 225 g/mol. The summed E-state index contributed by atoms with van der Waals surface area (Å²) in [6, 6.07) is 0.714. The molecule has 0 amide bonds. The topological polar surface area (TPSA) is 32.5 Å². The maximum atomic E-state index is 6.00. The maximum Gasteiger partial charge on any atom is 0.0187 e. The smallest absolute Gasteiger partial charge is 0.0187 e. The fourth-order valence-electron chi connectivity index (χ4n) is 3.59. The zero-order valence-electron chi connectivity index (χ0n) is 11.1. The summed E-state index contributed by atoms with van der Waals surface area (Å²) in [6.07, 6.45) is 5.39. The van der Waals surface area contributed by atoms with E-state index in [1.54, 1.807) is 0 Å². The van der Waals surface area contributed by atoms with E-state index in [0.717, 1.165) is 12.5 Å². The van der Waals surface area contributed by atoms with Gasteiger partial charge < -0.3 is 15.5 Å². The van der Waals surface area contributed by atoms with Crippen molar-refractivity contribution in [1.29, 1.82) is 0 Å².